The standard InChI is InChI=1S/C53H41BN2O/c1-53(2)44-31-40(55(37-17-5-3-6-18-37)38-19-7-4-8-20-38)27-28-42(44)43-32-50-46(33-45(43)53)54-51-41-21-12-11-15-35(41)25-29-48(51)56(47-22-13-23-49(57-50)52(47)54)39-26-24-34-14-9-10-16-36(34)30-39/h3-10,13-14,16-20,22-33H,11-12,15,21H2,1-2H3. The van der Waals surface area contributed by atoms with E-state index in [1.807, 2.05) is 0 Å². The fourth-order valence-electron chi connectivity index (χ4n) is 10.6. The maximum atomic E-state index is 7.09. The van der Waals surface area contributed by atoms with Crippen LogP contribution in [-0.2, 0) is 18.3 Å². The molecule has 2 aliphatic carbocycles. The summed E-state index contributed by atoms with van der Waals surface area (Å²) in [7, 11) is 0. The van der Waals surface area contributed by atoms with Crippen LogP contribution in [0.2, 0.25) is 0 Å². The summed E-state index contributed by atoms with van der Waals surface area (Å²) < 4.78 is 7.09. The van der Waals surface area contributed by atoms with Crippen LogP contribution in [0.15, 0.2) is 164 Å². The number of ether oxygens (including phenoxy) is 1. The number of benzene rings is 8. The fraction of sp³-hybridized carbons (Fsp3) is 0.132. The molecule has 0 amide bonds. The van der Waals surface area contributed by atoms with Crippen LogP contribution in [0.1, 0.15) is 48.9 Å². The molecular formula is C53H41BN2O. The van der Waals surface area contributed by atoms with Crippen LogP contribution in [0, 0.1) is 0 Å². The maximum Gasteiger partial charge on any atom is 0.256 e. The van der Waals surface area contributed by atoms with Crippen LogP contribution in [0.25, 0.3) is 21.9 Å². The number of hydrogen-bond acceptors (Lipinski definition) is 3. The molecular weight excluding hydrogens is 691 g/mol. The van der Waals surface area contributed by atoms with E-state index in [1.165, 1.54) is 90.4 Å². The molecule has 4 heteroatoms. The lowest BCUT2D eigenvalue weighted by atomic mass is 9.33. The van der Waals surface area contributed by atoms with Crippen molar-refractivity contribution in [3.8, 4) is 22.6 Å². The maximum absolute atomic E-state index is 7.09. The van der Waals surface area contributed by atoms with Gasteiger partial charge < -0.3 is 14.5 Å². The van der Waals surface area contributed by atoms with Crippen LogP contribution in [0.3, 0.4) is 0 Å². The first-order valence-electron chi connectivity index (χ1n) is 20.5. The average molecular weight is 733 g/mol. The van der Waals surface area contributed by atoms with E-state index in [0.29, 0.717) is 0 Å². The van der Waals surface area contributed by atoms with Crippen molar-refractivity contribution in [2.45, 2.75) is 44.9 Å². The van der Waals surface area contributed by atoms with Crippen molar-refractivity contribution in [2.24, 2.45) is 0 Å². The third kappa shape index (κ3) is 4.80. The van der Waals surface area contributed by atoms with Crippen LogP contribution in [0.5, 0.6) is 11.5 Å². The summed E-state index contributed by atoms with van der Waals surface area (Å²) in [6, 6.07) is 60.5. The first-order chi connectivity index (χ1) is 28.0. The van der Waals surface area contributed by atoms with Crippen LogP contribution >= 0.6 is 0 Å². The van der Waals surface area contributed by atoms with Gasteiger partial charge in [0.2, 0.25) is 0 Å². The molecule has 0 radical (unpaired) electrons. The number of hydrogen-bond donors (Lipinski definition) is 0. The number of fused-ring (bicyclic) bond motifs is 10. The molecule has 8 aromatic rings. The number of para-hydroxylation sites is 2. The Morgan fingerprint density at radius 2 is 1.26 bits per heavy atom. The zero-order chi connectivity index (χ0) is 37.8. The summed E-state index contributed by atoms with van der Waals surface area (Å²) >= 11 is 0. The van der Waals surface area contributed by atoms with Crippen LogP contribution < -0.4 is 30.9 Å². The lowest BCUT2D eigenvalue weighted by Gasteiger charge is -2.42. The highest BCUT2D eigenvalue weighted by Crippen LogP contribution is 2.52. The molecule has 272 valence electrons. The van der Waals surface area contributed by atoms with E-state index in [1.54, 1.807) is 0 Å². The zero-order valence-corrected chi connectivity index (χ0v) is 32.3. The lowest BCUT2D eigenvalue weighted by Crippen LogP contribution is -2.61. The number of anilines is 6. The molecule has 0 N–H and O–H groups in total. The second kappa shape index (κ2) is 12.2. The quantitative estimate of drug-likeness (QED) is 0.168. The molecule has 0 saturated carbocycles. The molecule has 0 spiro atoms. The molecule has 2 aliphatic heterocycles. The Morgan fingerprint density at radius 1 is 0.544 bits per heavy atom. The van der Waals surface area contributed by atoms with E-state index < -0.39 is 0 Å². The van der Waals surface area contributed by atoms with E-state index in [4.69, 9.17) is 4.74 Å². The van der Waals surface area contributed by atoms with Gasteiger partial charge in [-0.25, -0.2) is 0 Å². The van der Waals surface area contributed by atoms with E-state index in [2.05, 4.69) is 187 Å². The molecule has 0 atom stereocenters. The van der Waals surface area contributed by atoms with Crippen molar-refractivity contribution >= 4 is 68.0 Å². The van der Waals surface area contributed by atoms with Gasteiger partial charge in [-0.05, 0) is 159 Å². The molecule has 0 aromatic heterocycles. The van der Waals surface area contributed by atoms with Crippen molar-refractivity contribution in [3.63, 3.8) is 0 Å². The van der Waals surface area contributed by atoms with Gasteiger partial charge in [-0.1, -0.05) is 105 Å². The Morgan fingerprint density at radius 3 is 2.07 bits per heavy atom. The van der Waals surface area contributed by atoms with E-state index in [0.717, 1.165) is 41.4 Å². The summed E-state index contributed by atoms with van der Waals surface area (Å²) in [4.78, 5) is 4.88. The highest BCUT2D eigenvalue weighted by molar-refractivity contribution is 6.99. The highest BCUT2D eigenvalue weighted by atomic mass is 16.5. The van der Waals surface area contributed by atoms with Gasteiger partial charge in [0.15, 0.2) is 0 Å². The monoisotopic (exact) mass is 732 g/mol. The van der Waals surface area contributed by atoms with Crippen molar-refractivity contribution in [1.82, 2.24) is 0 Å². The van der Waals surface area contributed by atoms with Gasteiger partial charge in [-0.2, -0.15) is 0 Å². The van der Waals surface area contributed by atoms with Gasteiger partial charge in [0.25, 0.3) is 6.71 Å². The van der Waals surface area contributed by atoms with E-state index in [9.17, 15) is 0 Å². The normalized spacial score (nSPS) is 15.1. The second-order valence-electron chi connectivity index (χ2n) is 16.7. The van der Waals surface area contributed by atoms with Gasteiger partial charge in [-0.3, -0.25) is 0 Å². The summed E-state index contributed by atoms with van der Waals surface area (Å²) in [5.41, 5.74) is 19.3. The molecule has 3 nitrogen and oxygen atoms in total. The van der Waals surface area contributed by atoms with Crippen molar-refractivity contribution < 1.29 is 4.74 Å². The molecule has 2 heterocycles. The third-order valence-corrected chi connectivity index (χ3v) is 13.3. The van der Waals surface area contributed by atoms with Gasteiger partial charge in [0.1, 0.15) is 11.5 Å². The smallest absolute Gasteiger partial charge is 0.256 e. The lowest BCUT2D eigenvalue weighted by molar-refractivity contribution is 0.487. The van der Waals surface area contributed by atoms with Gasteiger partial charge in [-0.15, -0.1) is 0 Å². The Hall–Kier alpha value is -6.52. The van der Waals surface area contributed by atoms with Crippen molar-refractivity contribution in [2.75, 3.05) is 9.80 Å². The van der Waals surface area contributed by atoms with Gasteiger partial charge in [0, 0.05) is 39.5 Å². The van der Waals surface area contributed by atoms with Crippen molar-refractivity contribution in [3.05, 3.63) is 186 Å². The number of nitrogens with zero attached hydrogens (tertiary/aromatic N) is 2. The predicted molar refractivity (Wildman–Crippen MR) is 239 cm³/mol. The van der Waals surface area contributed by atoms with E-state index >= 15 is 0 Å². The minimum Gasteiger partial charge on any atom is -0.458 e. The Labute approximate surface area is 334 Å². The summed E-state index contributed by atoms with van der Waals surface area (Å²) in [6.07, 6.45) is 4.72. The molecule has 8 aromatic carbocycles. The fourth-order valence-corrected chi connectivity index (χ4v) is 10.6. The summed E-state index contributed by atoms with van der Waals surface area (Å²) in [6.45, 7) is 4.89. The summed E-state index contributed by atoms with van der Waals surface area (Å²) in [5.74, 6) is 1.94. The average Bonchev–Trinajstić information content (AvgIpc) is 3.47. The second-order valence-corrected chi connectivity index (χ2v) is 16.7. The zero-order valence-electron chi connectivity index (χ0n) is 32.3. The third-order valence-electron chi connectivity index (χ3n) is 13.3. The Balaban J connectivity index is 1.04. The van der Waals surface area contributed by atoms with Gasteiger partial charge >= 0.3 is 0 Å². The first-order valence-corrected chi connectivity index (χ1v) is 20.5. The Kier molecular flexibility index (Phi) is 7.02. The Bertz CT molecular complexity index is 2900. The minimum absolute atomic E-state index is 0.0757. The number of aryl methyl sites for hydroxylation is 1. The largest absolute Gasteiger partial charge is 0.458 e. The van der Waals surface area contributed by atoms with Gasteiger partial charge in [0.05, 0.1) is 0 Å². The van der Waals surface area contributed by atoms with Crippen LogP contribution in [0.4, 0.5) is 34.1 Å². The van der Waals surface area contributed by atoms with Crippen LogP contribution in [-0.4, -0.2) is 6.71 Å². The SMILES string of the molecule is CC1(C)c2cc(N(c3ccccc3)c3ccccc3)ccc2-c2cc3c(cc21)B1c2c(cccc2N(c2ccc4ccccc4c2)c2ccc4c(c21)CCCC4)O3. The molecule has 12 rings (SSSR count). The predicted octanol–water partition coefficient (Wildman–Crippen LogP) is 11.9. The van der Waals surface area contributed by atoms with E-state index in [-0.39, 0.29) is 12.1 Å². The topological polar surface area (TPSA) is 15.7 Å². The molecule has 4 aliphatic rings. The molecule has 0 saturated heterocycles. The molecule has 57 heavy (non-hydrogen) atoms. The molecule has 0 fully saturated rings. The minimum atomic E-state index is -0.223. The highest BCUT2D eigenvalue weighted by Gasteiger charge is 2.46. The van der Waals surface area contributed by atoms with Crippen molar-refractivity contribution in [1.29, 1.82) is 0 Å². The first kappa shape index (κ1) is 32.7. The summed E-state index contributed by atoms with van der Waals surface area (Å²) in [5, 5.41) is 2.51. The molecule has 0 unspecified atom stereocenters. The molecule has 0 bridgehead atoms. The number of rotatable bonds is 4.